The molecule has 4 nitrogen and oxygen atoms in total. The lowest BCUT2D eigenvalue weighted by Gasteiger charge is -2.07. The van der Waals surface area contributed by atoms with Crippen LogP contribution in [0, 0.1) is 0 Å². The van der Waals surface area contributed by atoms with Crippen LogP contribution in [0.15, 0.2) is 10.9 Å². The summed E-state index contributed by atoms with van der Waals surface area (Å²) in [6.45, 7) is 4.82. The predicted molar refractivity (Wildman–Crippen MR) is 58.8 cm³/mol. The molecule has 0 saturated heterocycles. The van der Waals surface area contributed by atoms with Gasteiger partial charge in [0.25, 0.3) is 5.56 Å². The Labute approximate surface area is 89.1 Å². The van der Waals surface area contributed by atoms with Crippen LogP contribution in [0.25, 0.3) is 0 Å². The van der Waals surface area contributed by atoms with Crippen molar-refractivity contribution in [3.63, 3.8) is 0 Å². The van der Waals surface area contributed by atoms with Crippen LogP contribution < -0.4 is 10.9 Å². The van der Waals surface area contributed by atoms with Gasteiger partial charge in [-0.15, -0.1) is 0 Å². The number of rotatable bonds is 4. The first-order valence-electron chi connectivity index (χ1n) is 5.48. The first kappa shape index (κ1) is 10.4. The van der Waals surface area contributed by atoms with E-state index in [2.05, 4.69) is 29.1 Å². The van der Waals surface area contributed by atoms with E-state index >= 15 is 0 Å². The average Bonchev–Trinajstić information content (AvgIpc) is 2.97. The smallest absolute Gasteiger partial charge is 0.251 e. The van der Waals surface area contributed by atoms with Crippen molar-refractivity contribution in [1.29, 1.82) is 0 Å². The fourth-order valence-electron chi connectivity index (χ4n) is 1.48. The van der Waals surface area contributed by atoms with Crippen molar-refractivity contribution in [3.05, 3.63) is 27.9 Å². The maximum absolute atomic E-state index is 11.4. The van der Waals surface area contributed by atoms with Gasteiger partial charge < -0.3 is 10.3 Å². The van der Waals surface area contributed by atoms with Crippen LogP contribution in [-0.4, -0.2) is 16.0 Å². The van der Waals surface area contributed by atoms with E-state index in [1.165, 1.54) is 0 Å². The maximum Gasteiger partial charge on any atom is 0.251 e. The summed E-state index contributed by atoms with van der Waals surface area (Å²) in [4.78, 5) is 18.6. The van der Waals surface area contributed by atoms with Gasteiger partial charge in [0.15, 0.2) is 0 Å². The Morgan fingerprint density at radius 1 is 1.60 bits per heavy atom. The molecular weight excluding hydrogens is 190 g/mol. The zero-order chi connectivity index (χ0) is 10.8. The van der Waals surface area contributed by atoms with Crippen molar-refractivity contribution in [2.45, 2.75) is 45.2 Å². The first-order valence-corrected chi connectivity index (χ1v) is 5.48. The van der Waals surface area contributed by atoms with Crippen molar-refractivity contribution < 1.29 is 0 Å². The Morgan fingerprint density at radius 2 is 2.33 bits per heavy atom. The van der Waals surface area contributed by atoms with Gasteiger partial charge in [-0.2, -0.15) is 0 Å². The second kappa shape index (κ2) is 4.14. The minimum Gasteiger partial charge on any atom is -0.310 e. The summed E-state index contributed by atoms with van der Waals surface area (Å²) in [6, 6.07) is 1.98. The highest BCUT2D eigenvalue weighted by atomic mass is 16.1. The van der Waals surface area contributed by atoms with Crippen molar-refractivity contribution in [2.75, 3.05) is 0 Å². The van der Waals surface area contributed by atoms with E-state index in [1.54, 1.807) is 6.07 Å². The van der Waals surface area contributed by atoms with E-state index < -0.39 is 0 Å². The molecule has 0 bridgehead atoms. The van der Waals surface area contributed by atoms with Gasteiger partial charge in [0, 0.05) is 24.6 Å². The Hall–Kier alpha value is -1.16. The molecule has 82 valence electrons. The molecule has 2 N–H and O–H groups in total. The van der Waals surface area contributed by atoms with Crippen LogP contribution in [0.3, 0.4) is 0 Å². The summed E-state index contributed by atoms with van der Waals surface area (Å²) in [5.74, 6) is 1.36. The van der Waals surface area contributed by atoms with Crippen molar-refractivity contribution >= 4 is 0 Å². The molecule has 0 radical (unpaired) electrons. The molecule has 0 spiro atoms. The maximum atomic E-state index is 11.4. The van der Waals surface area contributed by atoms with Gasteiger partial charge in [-0.05, 0) is 12.8 Å². The second-order valence-corrected chi connectivity index (χ2v) is 4.43. The van der Waals surface area contributed by atoms with Gasteiger partial charge in [-0.3, -0.25) is 4.79 Å². The molecule has 0 aromatic carbocycles. The highest BCUT2D eigenvalue weighted by Crippen LogP contribution is 2.37. The highest BCUT2D eigenvalue weighted by Gasteiger charge is 2.26. The number of nitrogens with one attached hydrogen (secondary N) is 2. The van der Waals surface area contributed by atoms with Crippen LogP contribution in [0.4, 0.5) is 0 Å². The van der Waals surface area contributed by atoms with Crippen LogP contribution in [0.2, 0.25) is 0 Å². The average molecular weight is 207 g/mol. The predicted octanol–water partition coefficient (Wildman–Crippen LogP) is 1.15. The standard InChI is InChI=1S/C11H17N3O/c1-7(2)12-6-9-5-10(15)14-11(13-9)8-3-4-8/h5,7-8,12H,3-4,6H2,1-2H3,(H,13,14,15). The largest absolute Gasteiger partial charge is 0.310 e. The quantitative estimate of drug-likeness (QED) is 0.778. The molecule has 4 heteroatoms. The Bertz CT molecular complexity index is 393. The highest BCUT2D eigenvalue weighted by molar-refractivity contribution is 5.10. The van der Waals surface area contributed by atoms with E-state index in [4.69, 9.17) is 0 Å². The zero-order valence-corrected chi connectivity index (χ0v) is 9.21. The normalized spacial score (nSPS) is 15.9. The van der Waals surface area contributed by atoms with Crippen molar-refractivity contribution in [2.24, 2.45) is 0 Å². The molecule has 1 aromatic rings. The van der Waals surface area contributed by atoms with Gasteiger partial charge in [0.05, 0.1) is 5.69 Å². The molecule has 15 heavy (non-hydrogen) atoms. The monoisotopic (exact) mass is 207 g/mol. The molecule has 1 saturated carbocycles. The van der Waals surface area contributed by atoms with Crippen molar-refractivity contribution in [3.8, 4) is 0 Å². The number of hydrogen-bond donors (Lipinski definition) is 2. The van der Waals surface area contributed by atoms with Crippen LogP contribution in [-0.2, 0) is 6.54 Å². The lowest BCUT2D eigenvalue weighted by molar-refractivity contribution is 0.578. The third kappa shape index (κ3) is 2.89. The number of H-pyrrole nitrogens is 1. The molecule has 1 heterocycles. The molecule has 0 aliphatic heterocycles. The van der Waals surface area contributed by atoms with Crippen LogP contribution >= 0.6 is 0 Å². The number of aromatic nitrogens is 2. The summed E-state index contributed by atoms with van der Waals surface area (Å²) in [7, 11) is 0. The molecule has 0 unspecified atom stereocenters. The lowest BCUT2D eigenvalue weighted by Crippen LogP contribution is -2.24. The first-order chi connectivity index (χ1) is 7.15. The fourth-order valence-corrected chi connectivity index (χ4v) is 1.48. The Balaban J connectivity index is 2.12. The SMILES string of the molecule is CC(C)NCc1cc(=O)[nH]c(C2CC2)n1. The fraction of sp³-hybridized carbons (Fsp3) is 0.636. The minimum absolute atomic E-state index is 0.0348. The molecule has 1 aliphatic rings. The summed E-state index contributed by atoms with van der Waals surface area (Å²) >= 11 is 0. The van der Waals surface area contributed by atoms with Gasteiger partial charge in [-0.25, -0.2) is 4.98 Å². The van der Waals surface area contributed by atoms with Gasteiger partial charge in [-0.1, -0.05) is 13.8 Å². The Kier molecular flexibility index (Phi) is 2.86. The van der Waals surface area contributed by atoms with E-state index in [0.29, 0.717) is 18.5 Å². The topological polar surface area (TPSA) is 57.8 Å². The molecule has 1 fully saturated rings. The van der Waals surface area contributed by atoms with Gasteiger partial charge in [0.2, 0.25) is 0 Å². The summed E-state index contributed by atoms with van der Waals surface area (Å²) in [5, 5.41) is 3.26. The zero-order valence-electron chi connectivity index (χ0n) is 9.21. The van der Waals surface area contributed by atoms with Crippen LogP contribution in [0.5, 0.6) is 0 Å². The van der Waals surface area contributed by atoms with E-state index in [0.717, 1.165) is 24.4 Å². The Morgan fingerprint density at radius 3 is 2.93 bits per heavy atom. The number of aromatic amines is 1. The van der Waals surface area contributed by atoms with Gasteiger partial charge in [0.1, 0.15) is 5.82 Å². The second-order valence-electron chi connectivity index (χ2n) is 4.43. The number of hydrogen-bond acceptors (Lipinski definition) is 3. The summed E-state index contributed by atoms with van der Waals surface area (Å²) in [5.41, 5.74) is 0.807. The lowest BCUT2D eigenvalue weighted by atomic mass is 10.3. The number of nitrogens with zero attached hydrogens (tertiary/aromatic N) is 1. The summed E-state index contributed by atoms with van der Waals surface area (Å²) in [6.07, 6.45) is 2.31. The molecule has 1 aromatic heterocycles. The van der Waals surface area contributed by atoms with E-state index in [9.17, 15) is 4.79 Å². The minimum atomic E-state index is -0.0348. The third-order valence-electron chi connectivity index (χ3n) is 2.47. The molecule has 0 amide bonds. The molecular formula is C11H17N3O. The van der Waals surface area contributed by atoms with E-state index in [1.807, 2.05) is 0 Å². The van der Waals surface area contributed by atoms with E-state index in [-0.39, 0.29) is 5.56 Å². The van der Waals surface area contributed by atoms with Crippen molar-refractivity contribution in [1.82, 2.24) is 15.3 Å². The molecule has 1 aliphatic carbocycles. The summed E-state index contributed by atoms with van der Waals surface area (Å²) < 4.78 is 0. The van der Waals surface area contributed by atoms with Crippen LogP contribution in [0.1, 0.15) is 44.1 Å². The van der Waals surface area contributed by atoms with Gasteiger partial charge >= 0.3 is 0 Å². The third-order valence-corrected chi connectivity index (χ3v) is 2.47. The molecule has 2 rings (SSSR count). The molecule has 0 atom stereocenters.